The van der Waals surface area contributed by atoms with Crippen LogP contribution in [0.4, 0.5) is 0 Å². The lowest BCUT2D eigenvalue weighted by Crippen LogP contribution is -2.49. The Bertz CT molecular complexity index is 923. The highest BCUT2D eigenvalue weighted by atomic mass is 16.5. The molecule has 0 radical (unpaired) electrons. The number of aromatic nitrogens is 2. The van der Waals surface area contributed by atoms with Gasteiger partial charge in [-0.25, -0.2) is 0 Å². The third kappa shape index (κ3) is 3.86. The van der Waals surface area contributed by atoms with Crippen LogP contribution in [0.1, 0.15) is 22.5 Å². The molecule has 3 aromatic rings. The minimum Gasteiger partial charge on any atom is -0.379 e. The predicted molar refractivity (Wildman–Crippen MR) is 102 cm³/mol. The summed E-state index contributed by atoms with van der Waals surface area (Å²) in [4.78, 5) is 17.2. The van der Waals surface area contributed by atoms with Gasteiger partial charge in [0.25, 0.3) is 5.91 Å². The van der Waals surface area contributed by atoms with Crippen molar-refractivity contribution in [1.29, 1.82) is 0 Å². The van der Waals surface area contributed by atoms with E-state index in [1.165, 1.54) is 0 Å². The molecular weight excluding hydrogens is 342 g/mol. The molecule has 6 heteroatoms. The van der Waals surface area contributed by atoms with Crippen molar-refractivity contribution in [1.82, 2.24) is 14.9 Å². The average Bonchev–Trinajstić information content (AvgIpc) is 3.05. The number of nitrogens with one attached hydrogen (secondary N) is 1. The largest absolute Gasteiger partial charge is 0.379 e. The molecule has 1 aromatic carbocycles. The topological polar surface area (TPSA) is 65.4 Å². The number of pyridine rings is 1. The Morgan fingerprint density at radius 3 is 3.00 bits per heavy atom. The molecule has 1 N–H and O–H groups in total. The van der Waals surface area contributed by atoms with Crippen molar-refractivity contribution in [3.05, 3.63) is 66.1 Å². The van der Waals surface area contributed by atoms with Crippen molar-refractivity contribution >= 4 is 16.8 Å². The summed E-state index contributed by atoms with van der Waals surface area (Å²) < 4.78 is 13.5. The van der Waals surface area contributed by atoms with Gasteiger partial charge in [0, 0.05) is 37.0 Å². The first-order chi connectivity index (χ1) is 13.2. The lowest BCUT2D eigenvalue weighted by atomic mass is 10.0. The van der Waals surface area contributed by atoms with Crippen LogP contribution >= 0.6 is 0 Å². The maximum absolute atomic E-state index is 12.9. The SMILES string of the molecule is Cn1cc(C(=O)NC2CCOCC2OCc2ccccn2)c2ccccc21. The van der Waals surface area contributed by atoms with E-state index in [1.54, 1.807) is 6.20 Å². The summed E-state index contributed by atoms with van der Waals surface area (Å²) in [5, 5.41) is 4.10. The summed E-state index contributed by atoms with van der Waals surface area (Å²) in [6.45, 7) is 1.48. The third-order valence-electron chi connectivity index (χ3n) is 4.93. The number of hydrogen-bond acceptors (Lipinski definition) is 4. The Kier molecular flexibility index (Phi) is 5.18. The quantitative estimate of drug-likeness (QED) is 0.755. The Morgan fingerprint density at radius 1 is 1.30 bits per heavy atom. The first-order valence-electron chi connectivity index (χ1n) is 9.16. The number of amides is 1. The number of benzene rings is 1. The Morgan fingerprint density at radius 2 is 2.15 bits per heavy atom. The lowest BCUT2D eigenvalue weighted by Gasteiger charge is -2.32. The van der Waals surface area contributed by atoms with Gasteiger partial charge in [0.2, 0.25) is 0 Å². The summed E-state index contributed by atoms with van der Waals surface area (Å²) in [6.07, 6.45) is 4.15. The van der Waals surface area contributed by atoms with Crippen LogP contribution in [0.15, 0.2) is 54.9 Å². The highest BCUT2D eigenvalue weighted by Crippen LogP contribution is 2.21. The van der Waals surface area contributed by atoms with Crippen LogP contribution in [0.2, 0.25) is 0 Å². The van der Waals surface area contributed by atoms with E-state index >= 15 is 0 Å². The van der Waals surface area contributed by atoms with Crippen LogP contribution in [0, 0.1) is 0 Å². The van der Waals surface area contributed by atoms with E-state index in [4.69, 9.17) is 9.47 Å². The first kappa shape index (κ1) is 17.7. The van der Waals surface area contributed by atoms with Crippen molar-refractivity contribution in [2.24, 2.45) is 7.05 Å². The van der Waals surface area contributed by atoms with E-state index in [0.717, 1.165) is 23.0 Å². The zero-order valence-electron chi connectivity index (χ0n) is 15.3. The summed E-state index contributed by atoms with van der Waals surface area (Å²) in [7, 11) is 1.95. The number of nitrogens with zero attached hydrogens (tertiary/aromatic N) is 2. The van der Waals surface area contributed by atoms with Gasteiger partial charge in [0.1, 0.15) is 6.10 Å². The third-order valence-corrected chi connectivity index (χ3v) is 4.93. The van der Waals surface area contributed by atoms with Crippen LogP contribution in [0.25, 0.3) is 10.9 Å². The van der Waals surface area contributed by atoms with Crippen LogP contribution in [-0.4, -0.2) is 40.8 Å². The molecule has 0 bridgehead atoms. The molecule has 0 spiro atoms. The molecule has 27 heavy (non-hydrogen) atoms. The number of ether oxygens (including phenoxy) is 2. The van der Waals surface area contributed by atoms with Gasteiger partial charge in [-0.1, -0.05) is 24.3 Å². The lowest BCUT2D eigenvalue weighted by molar-refractivity contribution is -0.0743. The molecule has 4 rings (SSSR count). The number of rotatable bonds is 5. The molecule has 2 atom stereocenters. The molecule has 2 unspecified atom stereocenters. The second kappa shape index (κ2) is 7.90. The van der Waals surface area contributed by atoms with E-state index in [2.05, 4.69) is 10.3 Å². The van der Waals surface area contributed by atoms with Crippen LogP contribution in [-0.2, 0) is 23.1 Å². The van der Waals surface area contributed by atoms with E-state index in [-0.39, 0.29) is 18.1 Å². The molecule has 0 aliphatic carbocycles. The van der Waals surface area contributed by atoms with Crippen molar-refractivity contribution < 1.29 is 14.3 Å². The zero-order valence-corrected chi connectivity index (χ0v) is 15.3. The van der Waals surface area contributed by atoms with Gasteiger partial charge in [0.05, 0.1) is 30.5 Å². The Hall–Kier alpha value is -2.70. The second-order valence-corrected chi connectivity index (χ2v) is 6.78. The van der Waals surface area contributed by atoms with E-state index < -0.39 is 0 Å². The fourth-order valence-corrected chi connectivity index (χ4v) is 3.49. The molecule has 1 amide bonds. The van der Waals surface area contributed by atoms with Crippen molar-refractivity contribution in [2.45, 2.75) is 25.2 Å². The number of para-hydroxylation sites is 1. The Labute approximate surface area is 158 Å². The summed E-state index contributed by atoms with van der Waals surface area (Å²) in [5.74, 6) is -0.0786. The molecular formula is C21H23N3O3. The van der Waals surface area contributed by atoms with Gasteiger partial charge in [0.15, 0.2) is 0 Å². The standard InChI is InChI=1S/C21H23N3O3/c1-24-12-17(16-7-2-3-8-19(16)24)21(25)23-18-9-11-26-14-20(18)27-13-15-6-4-5-10-22-15/h2-8,10,12,18,20H,9,11,13-14H2,1H3,(H,23,25). The van der Waals surface area contributed by atoms with Gasteiger partial charge >= 0.3 is 0 Å². The fraction of sp³-hybridized carbons (Fsp3) is 0.333. The number of hydrogen-bond donors (Lipinski definition) is 1. The fourth-order valence-electron chi connectivity index (χ4n) is 3.49. The van der Waals surface area contributed by atoms with E-state index in [0.29, 0.717) is 25.4 Å². The van der Waals surface area contributed by atoms with Gasteiger partial charge in [-0.05, 0) is 24.6 Å². The van der Waals surface area contributed by atoms with Crippen LogP contribution in [0.5, 0.6) is 0 Å². The number of carbonyl (C=O) groups is 1. The Balaban J connectivity index is 1.46. The molecule has 6 nitrogen and oxygen atoms in total. The molecule has 1 aliphatic heterocycles. The first-order valence-corrected chi connectivity index (χ1v) is 9.16. The minimum atomic E-state index is -0.195. The van der Waals surface area contributed by atoms with Crippen molar-refractivity contribution in [3.8, 4) is 0 Å². The van der Waals surface area contributed by atoms with Gasteiger partial charge in [-0.3, -0.25) is 9.78 Å². The summed E-state index contributed by atoms with van der Waals surface area (Å²) in [5.41, 5.74) is 2.59. The van der Waals surface area contributed by atoms with E-state index in [1.807, 2.05) is 60.3 Å². The number of fused-ring (bicyclic) bond motifs is 1. The normalized spacial score (nSPS) is 19.9. The molecule has 2 aromatic heterocycles. The maximum atomic E-state index is 12.9. The van der Waals surface area contributed by atoms with Crippen LogP contribution in [0.3, 0.4) is 0 Å². The van der Waals surface area contributed by atoms with Crippen LogP contribution < -0.4 is 5.32 Å². The highest BCUT2D eigenvalue weighted by Gasteiger charge is 2.29. The average molecular weight is 365 g/mol. The zero-order chi connectivity index (χ0) is 18.6. The molecule has 3 heterocycles. The number of carbonyl (C=O) groups excluding carboxylic acids is 1. The van der Waals surface area contributed by atoms with Gasteiger partial charge in [-0.2, -0.15) is 0 Å². The number of aryl methyl sites for hydroxylation is 1. The highest BCUT2D eigenvalue weighted by molar-refractivity contribution is 6.07. The van der Waals surface area contributed by atoms with Gasteiger partial charge in [-0.15, -0.1) is 0 Å². The molecule has 140 valence electrons. The molecule has 1 fully saturated rings. The van der Waals surface area contributed by atoms with Crippen molar-refractivity contribution in [3.63, 3.8) is 0 Å². The molecule has 1 aliphatic rings. The van der Waals surface area contributed by atoms with Crippen molar-refractivity contribution in [2.75, 3.05) is 13.2 Å². The maximum Gasteiger partial charge on any atom is 0.253 e. The predicted octanol–water partition coefficient (Wildman–Crippen LogP) is 2.68. The summed E-state index contributed by atoms with van der Waals surface area (Å²) >= 11 is 0. The molecule has 0 saturated carbocycles. The monoisotopic (exact) mass is 365 g/mol. The van der Waals surface area contributed by atoms with E-state index in [9.17, 15) is 4.79 Å². The summed E-state index contributed by atoms with van der Waals surface area (Å²) in [6, 6.07) is 13.6. The van der Waals surface area contributed by atoms with Gasteiger partial charge < -0.3 is 19.4 Å². The second-order valence-electron chi connectivity index (χ2n) is 6.78. The smallest absolute Gasteiger partial charge is 0.253 e. The molecule has 1 saturated heterocycles. The minimum absolute atomic E-state index is 0.0786.